The van der Waals surface area contributed by atoms with Gasteiger partial charge in [0.2, 0.25) is 5.89 Å². The van der Waals surface area contributed by atoms with Crippen LogP contribution in [0, 0.1) is 5.92 Å². The lowest BCUT2D eigenvalue weighted by molar-refractivity contribution is -0.113. The predicted molar refractivity (Wildman–Crippen MR) is 119 cm³/mol. The number of fused-ring (bicyclic) bond motifs is 1. The van der Waals surface area contributed by atoms with Crippen molar-refractivity contribution in [2.45, 2.75) is 19.3 Å². The molecule has 4 aromatic rings. The predicted octanol–water partition coefficient (Wildman–Crippen LogP) is 6.08. The maximum atomic E-state index is 12.6. The number of benzene rings is 3. The van der Waals surface area contributed by atoms with Gasteiger partial charge in [-0.25, -0.2) is 4.98 Å². The minimum atomic E-state index is -0.670. The molecule has 0 aliphatic carbocycles. The van der Waals surface area contributed by atoms with Crippen molar-refractivity contribution in [1.29, 1.82) is 0 Å². The van der Waals surface area contributed by atoms with E-state index in [4.69, 9.17) is 9.40 Å². The first kappa shape index (κ1) is 19.5. The van der Waals surface area contributed by atoms with Gasteiger partial charge in [0.05, 0.1) is 0 Å². The number of oxazole rings is 1. The van der Waals surface area contributed by atoms with Crippen LogP contribution in [0.3, 0.4) is 0 Å². The van der Waals surface area contributed by atoms with E-state index >= 15 is 0 Å². The third kappa shape index (κ3) is 3.73. The molecule has 4 heteroatoms. The number of hydrogen-bond donors (Lipinski definition) is 0. The first-order valence-electron chi connectivity index (χ1n) is 9.75. The van der Waals surface area contributed by atoms with E-state index in [0.717, 1.165) is 22.2 Å². The molecule has 0 radical (unpaired) electrons. The summed E-state index contributed by atoms with van der Waals surface area (Å²) in [4.78, 5) is 17.4. The zero-order valence-corrected chi connectivity index (χ0v) is 17.4. The van der Waals surface area contributed by atoms with Crippen LogP contribution in [0.2, 0.25) is 0 Å². The monoisotopic (exact) mass is 401 g/mol. The minimum Gasteiger partial charge on any atom is -0.439 e. The van der Waals surface area contributed by atoms with Crippen molar-refractivity contribution in [3.05, 3.63) is 102 Å². The number of nitrogens with zero attached hydrogens (tertiary/aromatic N) is 1. The van der Waals surface area contributed by atoms with E-state index in [1.54, 1.807) is 0 Å². The Balaban J connectivity index is 1.95. The molecule has 0 unspecified atom stereocenters. The second kappa shape index (κ2) is 8.26. The average molecular weight is 402 g/mol. The SMILES string of the molecule is CC(C)C(=O)SCC(c1ccccc1)(c1ccccc1)c1nc2ccccc2o1. The number of rotatable bonds is 6. The first-order chi connectivity index (χ1) is 14.1. The second-order valence-corrected chi connectivity index (χ2v) is 8.37. The zero-order valence-electron chi connectivity index (χ0n) is 16.5. The Morgan fingerprint density at radius 3 is 2.00 bits per heavy atom. The number of thioether (sulfide) groups is 1. The summed E-state index contributed by atoms with van der Waals surface area (Å²) in [5, 5.41) is 0.164. The van der Waals surface area contributed by atoms with E-state index in [-0.39, 0.29) is 11.0 Å². The summed E-state index contributed by atoms with van der Waals surface area (Å²) in [6.45, 7) is 3.86. The summed E-state index contributed by atoms with van der Waals surface area (Å²) in [6, 6.07) is 28.2. The molecule has 146 valence electrons. The first-order valence-corrected chi connectivity index (χ1v) is 10.7. The lowest BCUT2D eigenvalue weighted by Gasteiger charge is -2.31. The molecule has 0 saturated carbocycles. The highest BCUT2D eigenvalue weighted by atomic mass is 32.2. The number of hydrogen-bond acceptors (Lipinski definition) is 4. The Kier molecular flexibility index (Phi) is 5.54. The second-order valence-electron chi connectivity index (χ2n) is 7.39. The maximum Gasteiger partial charge on any atom is 0.211 e. The smallest absolute Gasteiger partial charge is 0.211 e. The molecule has 0 saturated heterocycles. The van der Waals surface area contributed by atoms with E-state index in [9.17, 15) is 4.79 Å². The number of para-hydroxylation sites is 2. The Bertz CT molecular complexity index is 1030. The summed E-state index contributed by atoms with van der Waals surface area (Å²) in [6.07, 6.45) is 0. The molecule has 0 fully saturated rings. The van der Waals surface area contributed by atoms with Gasteiger partial charge in [0.25, 0.3) is 0 Å². The average Bonchev–Trinajstić information content (AvgIpc) is 3.20. The fourth-order valence-electron chi connectivity index (χ4n) is 3.49. The topological polar surface area (TPSA) is 43.1 Å². The molecule has 0 bridgehead atoms. The van der Waals surface area contributed by atoms with Crippen molar-refractivity contribution in [3.63, 3.8) is 0 Å². The summed E-state index contributed by atoms with van der Waals surface area (Å²) < 4.78 is 6.30. The normalized spacial score (nSPS) is 11.8. The van der Waals surface area contributed by atoms with Gasteiger partial charge < -0.3 is 4.42 Å². The Labute approximate surface area is 175 Å². The molecule has 0 amide bonds. The Morgan fingerprint density at radius 2 is 1.45 bits per heavy atom. The standard InChI is InChI=1S/C25H23NO2S/c1-18(2)23(27)29-17-25(19-11-5-3-6-12-19,20-13-7-4-8-14-20)24-26-21-15-9-10-16-22(21)28-24/h3-16,18H,17H2,1-2H3. The van der Waals surface area contributed by atoms with Gasteiger partial charge in [-0.3, -0.25) is 4.79 Å². The van der Waals surface area contributed by atoms with Crippen molar-refractivity contribution in [1.82, 2.24) is 4.98 Å². The lowest BCUT2D eigenvalue weighted by atomic mass is 9.76. The quantitative estimate of drug-likeness (QED) is 0.393. The molecule has 3 aromatic carbocycles. The maximum absolute atomic E-state index is 12.6. The molecule has 1 heterocycles. The summed E-state index contributed by atoms with van der Waals surface area (Å²) >= 11 is 1.35. The van der Waals surface area contributed by atoms with Gasteiger partial charge in [-0.1, -0.05) is 98.4 Å². The van der Waals surface area contributed by atoms with E-state index < -0.39 is 5.41 Å². The molecule has 4 rings (SSSR count). The fourth-order valence-corrected chi connectivity index (χ4v) is 4.64. The zero-order chi connectivity index (χ0) is 20.3. The molecule has 1 aromatic heterocycles. The number of carbonyl (C=O) groups excluding carboxylic acids is 1. The van der Waals surface area contributed by atoms with Crippen LogP contribution in [0.4, 0.5) is 0 Å². The van der Waals surface area contributed by atoms with Crippen LogP contribution < -0.4 is 0 Å². The van der Waals surface area contributed by atoms with Crippen LogP contribution in [0.15, 0.2) is 89.3 Å². The van der Waals surface area contributed by atoms with Crippen LogP contribution in [-0.4, -0.2) is 15.9 Å². The van der Waals surface area contributed by atoms with Crippen molar-refractivity contribution in [3.8, 4) is 0 Å². The van der Waals surface area contributed by atoms with Crippen LogP contribution in [0.5, 0.6) is 0 Å². The van der Waals surface area contributed by atoms with Gasteiger partial charge >= 0.3 is 0 Å². The van der Waals surface area contributed by atoms with Crippen LogP contribution in [0.1, 0.15) is 30.9 Å². The summed E-state index contributed by atoms with van der Waals surface area (Å²) in [7, 11) is 0. The van der Waals surface area contributed by atoms with Gasteiger partial charge in [-0.2, -0.15) is 0 Å². The molecule has 29 heavy (non-hydrogen) atoms. The molecule has 0 aliphatic rings. The van der Waals surface area contributed by atoms with Crippen molar-refractivity contribution >= 4 is 28.0 Å². The van der Waals surface area contributed by atoms with Crippen LogP contribution >= 0.6 is 11.8 Å². The molecule has 3 nitrogen and oxygen atoms in total. The van der Waals surface area contributed by atoms with Crippen LogP contribution in [0.25, 0.3) is 11.1 Å². The van der Waals surface area contributed by atoms with Crippen molar-refractivity contribution in [2.75, 3.05) is 5.75 Å². The molecule has 0 spiro atoms. The Morgan fingerprint density at radius 1 is 0.897 bits per heavy atom. The summed E-state index contributed by atoms with van der Waals surface area (Å²) in [5.74, 6) is 1.10. The minimum absolute atomic E-state index is 0.0344. The van der Waals surface area contributed by atoms with Gasteiger partial charge in [0.15, 0.2) is 10.7 Å². The molecule has 0 atom stereocenters. The highest BCUT2D eigenvalue weighted by Crippen LogP contribution is 2.42. The third-order valence-corrected chi connectivity index (χ3v) is 6.43. The van der Waals surface area contributed by atoms with Gasteiger partial charge in [-0.05, 0) is 23.3 Å². The van der Waals surface area contributed by atoms with Crippen molar-refractivity contribution in [2.24, 2.45) is 5.92 Å². The molecule has 0 aliphatic heterocycles. The molecular weight excluding hydrogens is 378 g/mol. The van der Waals surface area contributed by atoms with Crippen LogP contribution in [-0.2, 0) is 10.2 Å². The highest BCUT2D eigenvalue weighted by Gasteiger charge is 2.42. The number of aromatic nitrogens is 1. The van der Waals surface area contributed by atoms with Gasteiger partial charge in [-0.15, -0.1) is 0 Å². The largest absolute Gasteiger partial charge is 0.439 e. The van der Waals surface area contributed by atoms with E-state index in [2.05, 4.69) is 24.3 Å². The molecular formula is C25H23NO2S. The van der Waals surface area contributed by atoms with E-state index in [1.807, 2.05) is 74.5 Å². The van der Waals surface area contributed by atoms with Gasteiger partial charge in [0, 0.05) is 11.7 Å². The third-order valence-electron chi connectivity index (χ3n) is 5.09. The Hall–Kier alpha value is -2.85. The molecule has 0 N–H and O–H groups in total. The fraction of sp³-hybridized carbons (Fsp3) is 0.200. The highest BCUT2D eigenvalue weighted by molar-refractivity contribution is 8.13. The lowest BCUT2D eigenvalue weighted by Crippen LogP contribution is -2.33. The summed E-state index contributed by atoms with van der Waals surface area (Å²) in [5.41, 5.74) is 3.01. The van der Waals surface area contributed by atoms with Crippen molar-refractivity contribution < 1.29 is 9.21 Å². The van der Waals surface area contributed by atoms with E-state index in [0.29, 0.717) is 11.6 Å². The van der Waals surface area contributed by atoms with E-state index in [1.165, 1.54) is 11.8 Å². The number of carbonyl (C=O) groups is 1. The van der Waals surface area contributed by atoms with Gasteiger partial charge in [0.1, 0.15) is 10.9 Å².